The number of esters is 1. The molecule has 0 bridgehead atoms. The molecule has 1 aromatic carbocycles. The number of amides is 1. The molecule has 20 heavy (non-hydrogen) atoms. The number of hydrogen-bond donors (Lipinski definition) is 2. The molecule has 0 aliphatic rings. The molecule has 0 radical (unpaired) electrons. The van der Waals surface area contributed by atoms with Crippen LogP contribution in [0.4, 0.5) is 0 Å². The third kappa shape index (κ3) is 5.67. The molecule has 0 fully saturated rings. The third-order valence-corrected chi connectivity index (χ3v) is 2.68. The van der Waals surface area contributed by atoms with Crippen molar-refractivity contribution in [2.45, 2.75) is 25.9 Å². The zero-order valence-electron chi connectivity index (χ0n) is 11.4. The number of hydrogen-bond acceptors (Lipinski definition) is 4. The van der Waals surface area contributed by atoms with Gasteiger partial charge in [0, 0.05) is 6.20 Å². The Morgan fingerprint density at radius 3 is 2.70 bits per heavy atom. The quantitative estimate of drug-likeness (QED) is 0.552. The van der Waals surface area contributed by atoms with E-state index in [1.807, 2.05) is 30.3 Å². The van der Waals surface area contributed by atoms with Gasteiger partial charge < -0.3 is 15.2 Å². The van der Waals surface area contributed by atoms with E-state index in [1.54, 1.807) is 6.92 Å². The van der Waals surface area contributed by atoms with Gasteiger partial charge in [-0.2, -0.15) is 0 Å². The molecule has 1 unspecified atom stereocenters. The van der Waals surface area contributed by atoms with Gasteiger partial charge in [0.1, 0.15) is 0 Å². The minimum Gasteiger partial charge on any atom is -0.466 e. The predicted octanol–water partition coefficient (Wildman–Crippen LogP) is 1.17. The molecule has 0 saturated heterocycles. The molecule has 0 saturated carbocycles. The highest BCUT2D eigenvalue weighted by molar-refractivity contribution is 5.70. The summed E-state index contributed by atoms with van der Waals surface area (Å²) in [5.41, 5.74) is 1.53. The lowest BCUT2D eigenvalue weighted by molar-refractivity contribution is -0.144. The minimum atomic E-state index is -0.985. The molecule has 0 heterocycles. The number of rotatable bonds is 8. The van der Waals surface area contributed by atoms with Crippen LogP contribution in [-0.2, 0) is 20.7 Å². The van der Waals surface area contributed by atoms with Gasteiger partial charge in [-0.15, -0.1) is 0 Å². The van der Waals surface area contributed by atoms with Crippen LogP contribution in [0.1, 0.15) is 18.9 Å². The molecule has 1 atom stereocenters. The summed E-state index contributed by atoms with van der Waals surface area (Å²) in [6.07, 6.45) is 1.27. The molecule has 1 amide bonds. The van der Waals surface area contributed by atoms with E-state index in [2.05, 4.69) is 5.32 Å². The van der Waals surface area contributed by atoms with E-state index in [0.29, 0.717) is 18.4 Å². The summed E-state index contributed by atoms with van der Waals surface area (Å²) in [6, 6.07) is 9.49. The van der Waals surface area contributed by atoms with Gasteiger partial charge in [0.15, 0.2) is 0 Å². The number of benzene rings is 1. The van der Waals surface area contributed by atoms with E-state index in [1.165, 1.54) is 6.20 Å². The van der Waals surface area contributed by atoms with Gasteiger partial charge in [0.05, 0.1) is 19.1 Å². The van der Waals surface area contributed by atoms with Gasteiger partial charge in [-0.25, -0.2) is 0 Å². The fourth-order valence-electron chi connectivity index (χ4n) is 1.75. The Labute approximate surface area is 118 Å². The van der Waals surface area contributed by atoms with Crippen LogP contribution in [-0.4, -0.2) is 30.2 Å². The number of ether oxygens (including phenoxy) is 1. The summed E-state index contributed by atoms with van der Waals surface area (Å²) in [5, 5.41) is 12.5. The second-order valence-electron chi connectivity index (χ2n) is 4.19. The highest BCUT2D eigenvalue weighted by Crippen LogP contribution is 2.14. The fraction of sp³-hybridized carbons (Fsp3) is 0.333. The lowest BCUT2D eigenvalue weighted by Crippen LogP contribution is -2.21. The average molecular weight is 277 g/mol. The number of carbonyl (C=O) groups is 2. The van der Waals surface area contributed by atoms with Crippen LogP contribution >= 0.6 is 0 Å². The molecule has 0 aromatic heterocycles. The van der Waals surface area contributed by atoms with Crippen molar-refractivity contribution < 1.29 is 19.4 Å². The first-order valence-electron chi connectivity index (χ1n) is 6.43. The molecule has 1 aromatic rings. The topological polar surface area (TPSA) is 75.6 Å². The molecular formula is C15H19NO4. The smallest absolute Gasteiger partial charge is 0.308 e. The molecule has 5 heteroatoms. The van der Waals surface area contributed by atoms with Crippen LogP contribution in [0.2, 0.25) is 0 Å². The van der Waals surface area contributed by atoms with Crippen LogP contribution in [0.5, 0.6) is 0 Å². The Morgan fingerprint density at radius 2 is 2.10 bits per heavy atom. The summed E-state index contributed by atoms with van der Waals surface area (Å²) in [6.45, 7) is 1.98. The van der Waals surface area contributed by atoms with E-state index >= 15 is 0 Å². The molecule has 5 nitrogen and oxygen atoms in total. The third-order valence-electron chi connectivity index (χ3n) is 2.68. The van der Waals surface area contributed by atoms with Crippen molar-refractivity contribution in [3.8, 4) is 0 Å². The monoisotopic (exact) mass is 277 g/mol. The Hall–Kier alpha value is -2.14. The van der Waals surface area contributed by atoms with Crippen LogP contribution < -0.4 is 5.32 Å². The van der Waals surface area contributed by atoms with Crippen LogP contribution in [0.3, 0.4) is 0 Å². The van der Waals surface area contributed by atoms with Crippen LogP contribution in [0.25, 0.3) is 0 Å². The van der Waals surface area contributed by atoms with Crippen molar-refractivity contribution in [3.63, 3.8) is 0 Å². The first-order valence-corrected chi connectivity index (χ1v) is 6.43. The zero-order chi connectivity index (χ0) is 14.8. The van der Waals surface area contributed by atoms with Gasteiger partial charge in [-0.05, 0) is 24.5 Å². The number of aliphatic hydroxyl groups is 1. The van der Waals surface area contributed by atoms with Crippen LogP contribution in [0.15, 0.2) is 42.1 Å². The molecule has 0 spiro atoms. The van der Waals surface area contributed by atoms with Gasteiger partial charge in [0.25, 0.3) is 0 Å². The Balaban J connectivity index is 2.73. The van der Waals surface area contributed by atoms with Gasteiger partial charge >= 0.3 is 5.97 Å². The van der Waals surface area contributed by atoms with Gasteiger partial charge in [-0.3, -0.25) is 9.59 Å². The van der Waals surface area contributed by atoms with Crippen molar-refractivity contribution >= 4 is 12.4 Å². The lowest BCUT2D eigenvalue weighted by Gasteiger charge is -2.14. The minimum absolute atomic E-state index is 0.132. The maximum absolute atomic E-state index is 11.4. The first-order chi connectivity index (χ1) is 9.67. The maximum atomic E-state index is 11.4. The number of carbonyl (C=O) groups excluding carboxylic acids is 2. The van der Waals surface area contributed by atoms with Crippen molar-refractivity contribution in [1.82, 2.24) is 5.32 Å². The van der Waals surface area contributed by atoms with E-state index in [4.69, 9.17) is 4.74 Å². The fourth-order valence-corrected chi connectivity index (χ4v) is 1.75. The molecule has 2 N–H and O–H groups in total. The summed E-state index contributed by atoms with van der Waals surface area (Å²) < 4.78 is 4.80. The van der Waals surface area contributed by atoms with Crippen molar-refractivity contribution in [1.29, 1.82) is 0 Å². The maximum Gasteiger partial charge on any atom is 0.308 e. The standard InChI is InChI=1S/C15H19NO4/c1-2-20-15(19)9-14(18)13(10-16-11-17)8-12-6-4-3-5-7-12/h3-7,10-11,14,18H,2,8-9H2,1H3,(H,16,17). The SMILES string of the molecule is CCOC(=O)CC(O)C(=CNC=O)Cc1ccccc1. The second kappa shape index (κ2) is 8.87. The normalized spacial score (nSPS) is 12.6. The second-order valence-corrected chi connectivity index (χ2v) is 4.19. The van der Waals surface area contributed by atoms with E-state index < -0.39 is 12.1 Å². The highest BCUT2D eigenvalue weighted by atomic mass is 16.5. The predicted molar refractivity (Wildman–Crippen MR) is 74.7 cm³/mol. The first kappa shape index (κ1) is 15.9. The van der Waals surface area contributed by atoms with E-state index in [9.17, 15) is 14.7 Å². The summed E-state index contributed by atoms with van der Waals surface area (Å²) in [5.74, 6) is -0.468. The molecule has 0 aliphatic heterocycles. The van der Waals surface area contributed by atoms with Crippen molar-refractivity contribution in [3.05, 3.63) is 47.7 Å². The molecule has 108 valence electrons. The molecule has 1 rings (SSSR count). The van der Waals surface area contributed by atoms with Gasteiger partial charge in [0.2, 0.25) is 6.41 Å². The van der Waals surface area contributed by atoms with E-state index in [-0.39, 0.29) is 13.0 Å². The largest absolute Gasteiger partial charge is 0.466 e. The molecule has 0 aliphatic carbocycles. The Morgan fingerprint density at radius 1 is 1.40 bits per heavy atom. The van der Waals surface area contributed by atoms with E-state index in [0.717, 1.165) is 5.56 Å². The van der Waals surface area contributed by atoms with Crippen molar-refractivity contribution in [2.75, 3.05) is 6.61 Å². The summed E-state index contributed by atoms with van der Waals surface area (Å²) in [4.78, 5) is 21.8. The van der Waals surface area contributed by atoms with Crippen LogP contribution in [0, 0.1) is 0 Å². The lowest BCUT2D eigenvalue weighted by atomic mass is 9.99. The number of aliphatic hydroxyl groups excluding tert-OH is 1. The number of nitrogens with one attached hydrogen (secondary N) is 1. The van der Waals surface area contributed by atoms with Crippen molar-refractivity contribution in [2.24, 2.45) is 0 Å². The Kier molecular flexibility index (Phi) is 7.06. The summed E-state index contributed by atoms with van der Waals surface area (Å²) in [7, 11) is 0. The molecular weight excluding hydrogens is 258 g/mol. The zero-order valence-corrected chi connectivity index (χ0v) is 11.4. The average Bonchev–Trinajstić information content (AvgIpc) is 2.44. The van der Waals surface area contributed by atoms with Gasteiger partial charge in [-0.1, -0.05) is 30.3 Å². The Bertz CT molecular complexity index is 456. The summed E-state index contributed by atoms with van der Waals surface area (Å²) >= 11 is 0. The highest BCUT2D eigenvalue weighted by Gasteiger charge is 2.16.